The molecule has 2 N–H and O–H groups in total. The highest BCUT2D eigenvalue weighted by molar-refractivity contribution is 5.73. The molecular formula is C26H34O11. The number of aliphatic hydroxyl groups excluding tert-OH is 1. The fourth-order valence-corrected chi connectivity index (χ4v) is 2.11. The summed E-state index contributed by atoms with van der Waals surface area (Å²) in [5.41, 5.74) is 0. The normalized spacial score (nSPS) is 11.1. The highest BCUT2D eigenvalue weighted by Gasteiger charge is 2.17. The summed E-state index contributed by atoms with van der Waals surface area (Å²) < 4.78 is 23.4. The van der Waals surface area contributed by atoms with E-state index in [1.165, 1.54) is 0 Å². The van der Waals surface area contributed by atoms with E-state index in [2.05, 4.69) is 9.47 Å². The van der Waals surface area contributed by atoms with Crippen LogP contribution in [0.15, 0.2) is 60.7 Å². The minimum atomic E-state index is -1.29. The number of para-hydroxylation sites is 2. The molecular weight excluding hydrogens is 488 g/mol. The summed E-state index contributed by atoms with van der Waals surface area (Å²) in [5, 5.41) is 16.6. The lowest BCUT2D eigenvalue weighted by atomic mass is 10.2. The molecule has 2 atom stereocenters. The minimum Gasteiger partial charge on any atom is -0.466 e. The molecule has 0 aliphatic heterocycles. The van der Waals surface area contributed by atoms with Gasteiger partial charge in [-0.1, -0.05) is 36.4 Å². The van der Waals surface area contributed by atoms with Crippen LogP contribution in [0.5, 0.6) is 11.5 Å². The van der Waals surface area contributed by atoms with Gasteiger partial charge in [-0.3, -0.25) is 9.59 Å². The van der Waals surface area contributed by atoms with Gasteiger partial charge in [-0.25, -0.2) is 9.59 Å². The van der Waals surface area contributed by atoms with Crippen LogP contribution in [0.25, 0.3) is 0 Å². The monoisotopic (exact) mass is 522 g/mol. The Hall–Kier alpha value is -4.12. The van der Waals surface area contributed by atoms with Crippen molar-refractivity contribution in [2.45, 2.75) is 27.7 Å². The molecule has 0 aliphatic rings. The summed E-state index contributed by atoms with van der Waals surface area (Å²) in [6.07, 6.45) is -2.12. The van der Waals surface area contributed by atoms with Gasteiger partial charge in [0.1, 0.15) is 18.1 Å². The van der Waals surface area contributed by atoms with Gasteiger partial charge in [0.05, 0.1) is 31.7 Å². The highest BCUT2D eigenvalue weighted by Crippen LogP contribution is 2.10. The van der Waals surface area contributed by atoms with Gasteiger partial charge in [0.15, 0.2) is 0 Å². The molecule has 11 heteroatoms. The maximum absolute atomic E-state index is 11.3. The fraction of sp³-hybridized carbons (Fsp3) is 0.385. The first-order valence-electron chi connectivity index (χ1n) is 11.4. The van der Waals surface area contributed by atoms with Crippen molar-refractivity contribution in [2.75, 3.05) is 26.4 Å². The second kappa shape index (κ2) is 20.1. The van der Waals surface area contributed by atoms with Gasteiger partial charge < -0.3 is 33.9 Å². The molecule has 2 aromatic rings. The van der Waals surface area contributed by atoms with Crippen LogP contribution in [-0.2, 0) is 23.8 Å². The van der Waals surface area contributed by atoms with E-state index in [1.54, 1.807) is 88.4 Å². The second-order valence-electron chi connectivity index (χ2n) is 7.15. The molecule has 11 nitrogen and oxygen atoms in total. The molecule has 204 valence electrons. The van der Waals surface area contributed by atoms with Crippen LogP contribution in [0.4, 0.5) is 9.59 Å². The zero-order valence-corrected chi connectivity index (χ0v) is 21.3. The third-order valence-electron chi connectivity index (χ3n) is 4.00. The second-order valence-corrected chi connectivity index (χ2v) is 7.15. The molecule has 0 bridgehead atoms. The average molecular weight is 523 g/mol. The third kappa shape index (κ3) is 17.0. The van der Waals surface area contributed by atoms with Crippen molar-refractivity contribution in [2.24, 2.45) is 11.8 Å². The Morgan fingerprint density at radius 2 is 1.14 bits per heavy atom. The van der Waals surface area contributed by atoms with E-state index in [1.807, 2.05) is 0 Å². The highest BCUT2D eigenvalue weighted by atomic mass is 16.7. The van der Waals surface area contributed by atoms with Gasteiger partial charge >= 0.3 is 24.2 Å². The van der Waals surface area contributed by atoms with Crippen LogP contribution in [0.1, 0.15) is 27.7 Å². The smallest absolute Gasteiger partial charge is 0.466 e. The third-order valence-corrected chi connectivity index (χ3v) is 4.00. The number of benzene rings is 2. The Kier molecular flexibility index (Phi) is 17.9. The molecule has 0 radical (unpaired) electrons. The van der Waals surface area contributed by atoms with E-state index in [0.29, 0.717) is 24.7 Å². The van der Waals surface area contributed by atoms with E-state index in [0.717, 1.165) is 0 Å². The van der Waals surface area contributed by atoms with E-state index in [-0.39, 0.29) is 25.1 Å². The Labute approximate surface area is 215 Å². The molecule has 0 aromatic heterocycles. The molecule has 2 unspecified atom stereocenters. The average Bonchev–Trinajstić information content (AvgIpc) is 2.88. The Morgan fingerprint density at radius 3 is 1.54 bits per heavy atom. The van der Waals surface area contributed by atoms with Crippen LogP contribution in [0.2, 0.25) is 0 Å². The maximum Gasteiger partial charge on any atom is 0.513 e. The molecule has 0 saturated carbocycles. The molecule has 37 heavy (non-hydrogen) atoms. The van der Waals surface area contributed by atoms with E-state index < -0.39 is 24.2 Å². The lowest BCUT2D eigenvalue weighted by molar-refractivity contribution is -0.149. The number of esters is 2. The van der Waals surface area contributed by atoms with Crippen molar-refractivity contribution in [3.05, 3.63) is 60.7 Å². The van der Waals surface area contributed by atoms with Gasteiger partial charge in [-0.05, 0) is 52.0 Å². The Balaban J connectivity index is 0.000000577. The number of ether oxygens (including phenoxy) is 5. The van der Waals surface area contributed by atoms with E-state index in [9.17, 15) is 19.2 Å². The summed E-state index contributed by atoms with van der Waals surface area (Å²) in [5.74, 6) is -0.885. The Morgan fingerprint density at radius 1 is 0.703 bits per heavy atom. The van der Waals surface area contributed by atoms with Crippen LogP contribution in [0.3, 0.4) is 0 Å². The largest absolute Gasteiger partial charge is 0.513 e. The van der Waals surface area contributed by atoms with Crippen molar-refractivity contribution in [1.82, 2.24) is 0 Å². The maximum atomic E-state index is 11.3. The number of hydrogen-bond acceptors (Lipinski definition) is 10. The first-order valence-corrected chi connectivity index (χ1v) is 11.4. The van der Waals surface area contributed by atoms with Gasteiger partial charge in [-0.2, -0.15) is 0 Å². The molecule has 0 amide bonds. The predicted octanol–water partition coefficient (Wildman–Crippen LogP) is 4.32. The standard InChI is InChI=1S/C13H16O5.C7H6O3.C6H12O3/c1-3-16-12(14)10(2)9-17-13(15)18-11-7-5-4-6-8-11;8-7(9)10-6-4-2-1-3-5-6;1-3-9-6(8)5(2)4-7/h4-8,10H,3,9H2,1-2H3;1-5H,(H,8,9);5,7H,3-4H2,1-2H3. The number of carbonyl (C=O) groups excluding carboxylic acids is 3. The van der Waals surface area contributed by atoms with Crippen LogP contribution in [0, 0.1) is 11.8 Å². The first kappa shape index (κ1) is 32.9. The Bertz CT molecular complexity index is 917. The zero-order chi connectivity index (χ0) is 28.1. The molecule has 2 aromatic carbocycles. The molecule has 2 rings (SSSR count). The number of rotatable bonds is 9. The van der Waals surface area contributed by atoms with Gasteiger partial charge in [0, 0.05) is 0 Å². The number of aliphatic hydroxyl groups is 1. The van der Waals surface area contributed by atoms with E-state index in [4.69, 9.17) is 24.4 Å². The van der Waals surface area contributed by atoms with Crippen molar-refractivity contribution in [1.29, 1.82) is 0 Å². The van der Waals surface area contributed by atoms with E-state index >= 15 is 0 Å². The summed E-state index contributed by atoms with van der Waals surface area (Å²) in [6.45, 7) is 7.17. The predicted molar refractivity (Wildman–Crippen MR) is 132 cm³/mol. The molecule has 0 saturated heterocycles. The van der Waals surface area contributed by atoms with Gasteiger partial charge in [-0.15, -0.1) is 0 Å². The van der Waals surface area contributed by atoms with Crippen molar-refractivity contribution in [3.63, 3.8) is 0 Å². The van der Waals surface area contributed by atoms with Crippen molar-refractivity contribution < 1.29 is 53.1 Å². The minimum absolute atomic E-state index is 0.0650. The molecule has 0 heterocycles. The summed E-state index contributed by atoms with van der Waals surface area (Å²) >= 11 is 0. The summed E-state index contributed by atoms with van der Waals surface area (Å²) in [6, 6.07) is 16.9. The SMILES string of the molecule is CCOC(=O)C(C)CO.CCOC(=O)C(C)COC(=O)Oc1ccccc1.O=C(O)Oc1ccccc1. The zero-order valence-electron chi connectivity index (χ0n) is 21.3. The van der Waals surface area contributed by atoms with Crippen LogP contribution < -0.4 is 9.47 Å². The lowest BCUT2D eigenvalue weighted by Gasteiger charge is -2.10. The van der Waals surface area contributed by atoms with Crippen molar-refractivity contribution in [3.8, 4) is 11.5 Å². The molecule has 0 spiro atoms. The van der Waals surface area contributed by atoms with Crippen LogP contribution >= 0.6 is 0 Å². The first-order chi connectivity index (χ1) is 17.6. The summed E-state index contributed by atoms with van der Waals surface area (Å²) in [7, 11) is 0. The lowest BCUT2D eigenvalue weighted by Crippen LogP contribution is -2.23. The quantitative estimate of drug-likeness (QED) is 0.275. The van der Waals surface area contributed by atoms with Crippen LogP contribution in [-0.4, -0.2) is 60.9 Å². The number of hydrogen-bond donors (Lipinski definition) is 2. The molecule has 0 fully saturated rings. The fourth-order valence-electron chi connectivity index (χ4n) is 2.11. The topological polar surface area (TPSA) is 155 Å². The van der Waals surface area contributed by atoms with Crippen molar-refractivity contribution >= 4 is 24.2 Å². The van der Waals surface area contributed by atoms with Gasteiger partial charge in [0.2, 0.25) is 0 Å². The summed E-state index contributed by atoms with van der Waals surface area (Å²) in [4.78, 5) is 43.1. The number of carbonyl (C=O) groups is 4. The molecule has 0 aliphatic carbocycles. The number of carboxylic acid groups (broad SMARTS) is 1. The van der Waals surface area contributed by atoms with Gasteiger partial charge in [0.25, 0.3) is 0 Å².